The van der Waals surface area contributed by atoms with E-state index >= 15 is 0 Å². The number of carbonyl (C=O) groups is 2. The number of carbonyl (C=O) groups excluding carboxylic acids is 2. The smallest absolute Gasteiger partial charge is 0.272 e. The highest BCUT2D eigenvalue weighted by molar-refractivity contribution is 6.02. The monoisotopic (exact) mass is 394 g/mol. The third-order valence-corrected chi connectivity index (χ3v) is 4.77. The standard InChI is InChI=1S/C21H19FN4O3/c1-26-18-8-4-5-9-19(18)29-12-17(21(26)28)23-20(27)16-11-14(24-25-16)10-13-6-2-3-7-15(13)22/h2-9,11,17H,10,12H2,1H3,(H,23,27)(H,24,25)/t17-/m0/s1. The van der Waals surface area contributed by atoms with Gasteiger partial charge in [0.25, 0.3) is 11.8 Å². The number of halogens is 1. The maximum atomic E-state index is 13.8. The van der Waals surface area contributed by atoms with Gasteiger partial charge in [0.2, 0.25) is 0 Å². The van der Waals surface area contributed by atoms with Crippen LogP contribution in [0, 0.1) is 5.82 Å². The van der Waals surface area contributed by atoms with Gasteiger partial charge in [-0.1, -0.05) is 30.3 Å². The fraction of sp³-hybridized carbons (Fsp3) is 0.190. The Morgan fingerprint density at radius 1 is 1.28 bits per heavy atom. The van der Waals surface area contributed by atoms with Crippen molar-refractivity contribution in [3.63, 3.8) is 0 Å². The number of aromatic nitrogens is 2. The summed E-state index contributed by atoms with van der Waals surface area (Å²) in [6, 6.07) is 14.3. The highest BCUT2D eigenvalue weighted by Crippen LogP contribution is 2.29. The molecule has 0 radical (unpaired) electrons. The van der Waals surface area contributed by atoms with Crippen LogP contribution in [0.25, 0.3) is 0 Å². The second kappa shape index (κ2) is 7.75. The van der Waals surface area contributed by atoms with E-state index in [-0.39, 0.29) is 30.4 Å². The van der Waals surface area contributed by atoms with Crippen LogP contribution < -0.4 is 15.0 Å². The van der Waals surface area contributed by atoms with E-state index in [1.54, 1.807) is 43.4 Å². The Morgan fingerprint density at radius 3 is 2.86 bits per heavy atom. The van der Waals surface area contributed by atoms with Crippen molar-refractivity contribution in [1.29, 1.82) is 0 Å². The number of amides is 2. The van der Waals surface area contributed by atoms with Crippen LogP contribution in [0.4, 0.5) is 10.1 Å². The first kappa shape index (κ1) is 18.7. The highest BCUT2D eigenvalue weighted by Gasteiger charge is 2.31. The van der Waals surface area contributed by atoms with Crippen molar-refractivity contribution in [2.75, 3.05) is 18.6 Å². The van der Waals surface area contributed by atoms with Gasteiger partial charge in [-0.05, 0) is 29.8 Å². The summed E-state index contributed by atoms with van der Waals surface area (Å²) in [6.07, 6.45) is 0.274. The Morgan fingerprint density at radius 2 is 2.03 bits per heavy atom. The van der Waals surface area contributed by atoms with Crippen LogP contribution in [-0.4, -0.2) is 41.7 Å². The van der Waals surface area contributed by atoms with Gasteiger partial charge in [0.1, 0.15) is 29.9 Å². The second-order valence-electron chi connectivity index (χ2n) is 6.75. The number of nitrogens with one attached hydrogen (secondary N) is 2. The first-order valence-electron chi connectivity index (χ1n) is 9.11. The van der Waals surface area contributed by atoms with Crippen molar-refractivity contribution >= 4 is 17.5 Å². The van der Waals surface area contributed by atoms with Crippen molar-refractivity contribution in [2.24, 2.45) is 0 Å². The van der Waals surface area contributed by atoms with E-state index in [0.29, 0.717) is 22.7 Å². The van der Waals surface area contributed by atoms with Crippen LogP contribution >= 0.6 is 0 Å². The third kappa shape index (κ3) is 3.82. The van der Waals surface area contributed by atoms with Gasteiger partial charge in [-0.3, -0.25) is 14.7 Å². The summed E-state index contributed by atoms with van der Waals surface area (Å²) in [6.45, 7) is 0.0123. The molecule has 1 atom stereocenters. The number of aromatic amines is 1. The number of likely N-dealkylation sites (N-methyl/N-ethyl adjacent to an activating group) is 1. The topological polar surface area (TPSA) is 87.3 Å². The van der Waals surface area contributed by atoms with E-state index in [9.17, 15) is 14.0 Å². The fourth-order valence-electron chi connectivity index (χ4n) is 3.20. The quantitative estimate of drug-likeness (QED) is 0.711. The van der Waals surface area contributed by atoms with Gasteiger partial charge in [-0.25, -0.2) is 4.39 Å². The summed E-state index contributed by atoms with van der Waals surface area (Å²) in [7, 11) is 1.63. The largest absolute Gasteiger partial charge is 0.489 e. The van der Waals surface area contributed by atoms with Crippen molar-refractivity contribution in [2.45, 2.75) is 12.5 Å². The van der Waals surface area contributed by atoms with Gasteiger partial charge < -0.3 is 15.0 Å². The zero-order chi connectivity index (χ0) is 20.4. The number of hydrogen-bond acceptors (Lipinski definition) is 4. The van der Waals surface area contributed by atoms with Gasteiger partial charge in [0.05, 0.1) is 5.69 Å². The molecule has 0 unspecified atom stereocenters. The van der Waals surface area contributed by atoms with E-state index in [0.717, 1.165) is 0 Å². The minimum absolute atomic E-state index is 0.0123. The summed E-state index contributed by atoms with van der Waals surface area (Å²) in [4.78, 5) is 26.8. The number of H-pyrrole nitrogens is 1. The van der Waals surface area contributed by atoms with Crippen LogP contribution in [0.3, 0.4) is 0 Å². The van der Waals surface area contributed by atoms with Crippen LogP contribution in [0.2, 0.25) is 0 Å². The number of anilines is 1. The molecule has 2 aromatic carbocycles. The molecule has 0 aliphatic carbocycles. The van der Waals surface area contributed by atoms with E-state index in [2.05, 4.69) is 15.5 Å². The Kier molecular flexibility index (Phi) is 4.99. The molecule has 8 heteroatoms. The Bertz CT molecular complexity index is 1070. The van der Waals surface area contributed by atoms with Gasteiger partial charge in [-0.15, -0.1) is 0 Å². The maximum Gasteiger partial charge on any atom is 0.272 e. The molecule has 1 aliphatic rings. The van der Waals surface area contributed by atoms with Crippen molar-refractivity contribution in [3.05, 3.63) is 77.4 Å². The van der Waals surface area contributed by atoms with Gasteiger partial charge in [0.15, 0.2) is 0 Å². The first-order valence-corrected chi connectivity index (χ1v) is 9.11. The molecule has 0 saturated heterocycles. The van der Waals surface area contributed by atoms with Crippen molar-refractivity contribution < 1.29 is 18.7 Å². The zero-order valence-electron chi connectivity index (χ0n) is 15.7. The molecule has 3 aromatic rings. The summed E-state index contributed by atoms with van der Waals surface area (Å²) in [5, 5.41) is 9.40. The predicted octanol–water partition coefficient (Wildman–Crippen LogP) is 2.29. The molecule has 2 amide bonds. The summed E-state index contributed by atoms with van der Waals surface area (Å²) in [5.41, 5.74) is 1.85. The lowest BCUT2D eigenvalue weighted by Crippen LogP contribution is -2.49. The zero-order valence-corrected chi connectivity index (χ0v) is 15.7. The number of fused-ring (bicyclic) bond motifs is 1. The average Bonchev–Trinajstić information content (AvgIpc) is 3.16. The van der Waals surface area contributed by atoms with Crippen LogP contribution in [-0.2, 0) is 11.2 Å². The third-order valence-electron chi connectivity index (χ3n) is 4.77. The normalized spacial score (nSPS) is 16.0. The maximum absolute atomic E-state index is 13.8. The second-order valence-corrected chi connectivity index (χ2v) is 6.75. The Balaban J connectivity index is 1.45. The van der Waals surface area contributed by atoms with E-state index in [4.69, 9.17) is 4.74 Å². The summed E-state index contributed by atoms with van der Waals surface area (Å²) >= 11 is 0. The number of ether oxygens (including phenoxy) is 1. The lowest BCUT2D eigenvalue weighted by Gasteiger charge is -2.19. The molecule has 0 fully saturated rings. The molecule has 0 bridgehead atoms. The molecule has 7 nitrogen and oxygen atoms in total. The van der Waals surface area contributed by atoms with E-state index < -0.39 is 11.9 Å². The van der Waals surface area contributed by atoms with E-state index in [1.807, 2.05) is 12.1 Å². The molecule has 148 valence electrons. The lowest BCUT2D eigenvalue weighted by atomic mass is 10.1. The van der Waals surface area contributed by atoms with Crippen LogP contribution in [0.15, 0.2) is 54.6 Å². The molecule has 29 heavy (non-hydrogen) atoms. The number of hydrogen-bond donors (Lipinski definition) is 2. The minimum atomic E-state index is -0.855. The molecular weight excluding hydrogens is 375 g/mol. The molecule has 0 saturated carbocycles. The summed E-state index contributed by atoms with van der Waals surface area (Å²) in [5.74, 6) is -0.545. The Labute approximate surface area is 166 Å². The number of para-hydroxylation sites is 2. The summed E-state index contributed by atoms with van der Waals surface area (Å²) < 4.78 is 19.5. The number of nitrogens with zero attached hydrogens (tertiary/aromatic N) is 2. The molecule has 2 N–H and O–H groups in total. The molecule has 0 spiro atoms. The molecule has 1 aromatic heterocycles. The van der Waals surface area contributed by atoms with Crippen molar-refractivity contribution in [1.82, 2.24) is 15.5 Å². The molecule has 1 aliphatic heterocycles. The SMILES string of the molecule is CN1C(=O)[C@@H](NC(=O)c2cc(Cc3ccccc3F)[nH]n2)COc2ccccc21. The highest BCUT2D eigenvalue weighted by atomic mass is 19.1. The fourth-order valence-corrected chi connectivity index (χ4v) is 3.20. The van der Waals surface area contributed by atoms with Gasteiger partial charge in [0, 0.05) is 19.2 Å². The van der Waals surface area contributed by atoms with Crippen LogP contribution in [0.1, 0.15) is 21.7 Å². The Hall–Kier alpha value is -3.68. The predicted molar refractivity (Wildman–Crippen MR) is 104 cm³/mol. The number of rotatable bonds is 4. The molecular formula is C21H19FN4O3. The van der Waals surface area contributed by atoms with Crippen LogP contribution in [0.5, 0.6) is 5.75 Å². The first-order chi connectivity index (χ1) is 14.0. The average molecular weight is 394 g/mol. The van der Waals surface area contributed by atoms with Crippen molar-refractivity contribution in [3.8, 4) is 5.75 Å². The van der Waals surface area contributed by atoms with Gasteiger partial charge >= 0.3 is 0 Å². The van der Waals surface area contributed by atoms with Gasteiger partial charge in [-0.2, -0.15) is 5.10 Å². The number of benzene rings is 2. The molecule has 4 rings (SSSR count). The minimum Gasteiger partial charge on any atom is -0.489 e. The molecule has 2 heterocycles. The lowest BCUT2D eigenvalue weighted by molar-refractivity contribution is -0.120. The van der Waals surface area contributed by atoms with E-state index in [1.165, 1.54) is 11.0 Å².